The maximum absolute atomic E-state index is 4.68. The summed E-state index contributed by atoms with van der Waals surface area (Å²) in [6.45, 7) is 9.75. The number of fused-ring (bicyclic) bond motifs is 1. The molecule has 0 spiro atoms. The summed E-state index contributed by atoms with van der Waals surface area (Å²) in [5.74, 6) is 1.58. The van der Waals surface area contributed by atoms with Gasteiger partial charge in [-0.1, -0.05) is 82.4 Å². The second-order valence-corrected chi connectivity index (χ2v) is 7.69. The van der Waals surface area contributed by atoms with Gasteiger partial charge >= 0.3 is 0 Å². The summed E-state index contributed by atoms with van der Waals surface area (Å²) >= 11 is 0. The number of aryl methyl sites for hydroxylation is 1. The SMILES string of the molecule is C=CCNc1nc(NCCCCCCCCCCCC)c2cc(C)ccc2n1. The Hall–Kier alpha value is -2.10. The van der Waals surface area contributed by atoms with Gasteiger partial charge in [0.2, 0.25) is 5.95 Å². The van der Waals surface area contributed by atoms with Gasteiger partial charge in [0.1, 0.15) is 5.82 Å². The van der Waals surface area contributed by atoms with Crippen molar-refractivity contribution in [3.63, 3.8) is 0 Å². The molecule has 0 saturated heterocycles. The highest BCUT2D eigenvalue weighted by Gasteiger charge is 2.07. The smallest absolute Gasteiger partial charge is 0.225 e. The van der Waals surface area contributed by atoms with E-state index in [1.54, 1.807) is 0 Å². The minimum absolute atomic E-state index is 0.654. The van der Waals surface area contributed by atoms with Crippen LogP contribution < -0.4 is 10.6 Å². The fraction of sp³-hybridized carbons (Fsp3) is 0.583. The standard InChI is InChI=1S/C24H38N4/c1-4-6-7-8-9-10-11-12-13-14-18-25-23-21-19-20(3)15-16-22(21)27-24(28-23)26-17-5-2/h5,15-16,19H,2,4,6-14,17-18H2,1,3H3,(H2,25,26,27,28). The van der Waals surface area contributed by atoms with E-state index < -0.39 is 0 Å². The van der Waals surface area contributed by atoms with E-state index >= 15 is 0 Å². The molecular weight excluding hydrogens is 344 g/mol. The topological polar surface area (TPSA) is 49.8 Å². The molecule has 0 amide bonds. The van der Waals surface area contributed by atoms with Gasteiger partial charge in [-0.25, -0.2) is 4.98 Å². The van der Waals surface area contributed by atoms with Crippen LogP contribution in [-0.4, -0.2) is 23.1 Å². The second kappa shape index (κ2) is 13.1. The van der Waals surface area contributed by atoms with Gasteiger partial charge < -0.3 is 10.6 Å². The molecule has 0 saturated carbocycles. The second-order valence-electron chi connectivity index (χ2n) is 7.69. The van der Waals surface area contributed by atoms with Crippen LogP contribution in [0.5, 0.6) is 0 Å². The summed E-state index contributed by atoms with van der Waals surface area (Å²) in [6.07, 6.45) is 15.4. The predicted molar refractivity (Wildman–Crippen MR) is 123 cm³/mol. The first kappa shape index (κ1) is 22.2. The number of rotatable bonds is 15. The average Bonchev–Trinajstić information content (AvgIpc) is 2.70. The van der Waals surface area contributed by atoms with Gasteiger partial charge in [0, 0.05) is 18.5 Å². The van der Waals surface area contributed by atoms with Gasteiger partial charge in [-0.05, 0) is 25.5 Å². The van der Waals surface area contributed by atoms with Crippen molar-refractivity contribution in [3.05, 3.63) is 36.4 Å². The van der Waals surface area contributed by atoms with Crippen molar-refractivity contribution in [1.82, 2.24) is 9.97 Å². The minimum atomic E-state index is 0.654. The number of nitrogens with zero attached hydrogens (tertiary/aromatic N) is 2. The van der Waals surface area contributed by atoms with E-state index in [1.165, 1.54) is 69.8 Å². The Kier molecular flexibility index (Phi) is 10.4. The van der Waals surface area contributed by atoms with E-state index in [1.807, 2.05) is 6.08 Å². The maximum atomic E-state index is 4.68. The van der Waals surface area contributed by atoms with Crippen molar-refractivity contribution in [1.29, 1.82) is 0 Å². The monoisotopic (exact) mass is 382 g/mol. The van der Waals surface area contributed by atoms with Crippen molar-refractivity contribution in [2.45, 2.75) is 78.1 Å². The maximum Gasteiger partial charge on any atom is 0.225 e. The molecule has 2 aromatic rings. The lowest BCUT2D eigenvalue weighted by Crippen LogP contribution is -2.09. The van der Waals surface area contributed by atoms with E-state index in [0.717, 1.165) is 23.3 Å². The third kappa shape index (κ3) is 7.87. The van der Waals surface area contributed by atoms with Crippen molar-refractivity contribution in [3.8, 4) is 0 Å². The largest absolute Gasteiger partial charge is 0.369 e. The molecule has 1 heterocycles. The number of hydrogen-bond acceptors (Lipinski definition) is 4. The number of anilines is 2. The molecule has 0 fully saturated rings. The van der Waals surface area contributed by atoms with Crippen LogP contribution in [0, 0.1) is 6.92 Å². The normalized spacial score (nSPS) is 10.9. The Balaban J connectivity index is 1.76. The van der Waals surface area contributed by atoms with E-state index in [-0.39, 0.29) is 0 Å². The quantitative estimate of drug-likeness (QED) is 0.261. The molecule has 0 aliphatic heterocycles. The number of aromatic nitrogens is 2. The van der Waals surface area contributed by atoms with Crippen molar-refractivity contribution in [2.24, 2.45) is 0 Å². The highest BCUT2D eigenvalue weighted by atomic mass is 15.1. The lowest BCUT2D eigenvalue weighted by atomic mass is 10.1. The van der Waals surface area contributed by atoms with E-state index in [0.29, 0.717) is 12.5 Å². The van der Waals surface area contributed by atoms with Gasteiger partial charge in [-0.3, -0.25) is 0 Å². The minimum Gasteiger partial charge on any atom is -0.369 e. The molecule has 0 radical (unpaired) electrons. The molecule has 2 N–H and O–H groups in total. The summed E-state index contributed by atoms with van der Waals surface area (Å²) in [5, 5.41) is 7.84. The molecule has 1 aromatic heterocycles. The fourth-order valence-electron chi connectivity index (χ4n) is 3.44. The van der Waals surface area contributed by atoms with Crippen molar-refractivity contribution < 1.29 is 0 Å². The predicted octanol–water partition coefficient (Wildman–Crippen LogP) is 6.87. The summed E-state index contributed by atoms with van der Waals surface area (Å²) in [7, 11) is 0. The number of nitrogens with one attached hydrogen (secondary N) is 2. The van der Waals surface area contributed by atoms with Crippen molar-refractivity contribution >= 4 is 22.7 Å². The van der Waals surface area contributed by atoms with E-state index in [9.17, 15) is 0 Å². The Bertz CT molecular complexity index is 711. The molecule has 4 heteroatoms. The highest BCUT2D eigenvalue weighted by Crippen LogP contribution is 2.23. The molecule has 0 bridgehead atoms. The summed E-state index contributed by atoms with van der Waals surface area (Å²) in [5.41, 5.74) is 2.20. The number of unbranched alkanes of at least 4 members (excludes halogenated alkanes) is 9. The molecular formula is C24H38N4. The van der Waals surface area contributed by atoms with Crippen LogP contribution in [-0.2, 0) is 0 Å². The molecule has 2 rings (SSSR count). The van der Waals surface area contributed by atoms with Crippen LogP contribution >= 0.6 is 0 Å². The zero-order chi connectivity index (χ0) is 20.0. The summed E-state index contributed by atoms with van der Waals surface area (Å²) < 4.78 is 0. The van der Waals surface area contributed by atoms with Crippen LogP contribution in [0.3, 0.4) is 0 Å². The Labute approximate surface area is 171 Å². The van der Waals surface area contributed by atoms with Gasteiger partial charge in [-0.15, -0.1) is 6.58 Å². The van der Waals surface area contributed by atoms with E-state index in [4.69, 9.17) is 0 Å². The van der Waals surface area contributed by atoms with Gasteiger partial charge in [0.05, 0.1) is 5.52 Å². The van der Waals surface area contributed by atoms with Crippen LogP contribution in [0.1, 0.15) is 76.7 Å². The van der Waals surface area contributed by atoms with Gasteiger partial charge in [0.25, 0.3) is 0 Å². The van der Waals surface area contributed by atoms with Crippen LogP contribution in [0.2, 0.25) is 0 Å². The first-order valence-electron chi connectivity index (χ1n) is 11.1. The lowest BCUT2D eigenvalue weighted by Gasteiger charge is -2.12. The summed E-state index contributed by atoms with van der Waals surface area (Å²) in [4.78, 5) is 9.29. The summed E-state index contributed by atoms with van der Waals surface area (Å²) in [6, 6.07) is 6.32. The Morgan fingerprint density at radius 1 is 0.893 bits per heavy atom. The van der Waals surface area contributed by atoms with Gasteiger partial charge in [0.15, 0.2) is 0 Å². The molecule has 1 aromatic carbocycles. The highest BCUT2D eigenvalue weighted by molar-refractivity contribution is 5.90. The Morgan fingerprint density at radius 2 is 1.57 bits per heavy atom. The first-order valence-corrected chi connectivity index (χ1v) is 11.1. The van der Waals surface area contributed by atoms with Crippen LogP contribution in [0.25, 0.3) is 10.9 Å². The third-order valence-corrected chi connectivity index (χ3v) is 5.08. The molecule has 0 aliphatic carbocycles. The third-order valence-electron chi connectivity index (χ3n) is 5.08. The van der Waals surface area contributed by atoms with Crippen molar-refractivity contribution in [2.75, 3.05) is 23.7 Å². The van der Waals surface area contributed by atoms with E-state index in [2.05, 4.69) is 59.2 Å². The number of hydrogen-bond donors (Lipinski definition) is 2. The molecule has 154 valence electrons. The molecule has 0 aliphatic rings. The molecule has 28 heavy (non-hydrogen) atoms. The average molecular weight is 383 g/mol. The molecule has 0 atom stereocenters. The number of benzene rings is 1. The van der Waals surface area contributed by atoms with Crippen LogP contribution in [0.4, 0.5) is 11.8 Å². The zero-order valence-corrected chi connectivity index (χ0v) is 17.9. The zero-order valence-electron chi connectivity index (χ0n) is 17.9. The Morgan fingerprint density at radius 3 is 2.25 bits per heavy atom. The van der Waals surface area contributed by atoms with Crippen LogP contribution in [0.15, 0.2) is 30.9 Å². The fourth-order valence-corrected chi connectivity index (χ4v) is 3.44. The molecule has 4 nitrogen and oxygen atoms in total. The first-order chi connectivity index (χ1) is 13.7. The lowest BCUT2D eigenvalue weighted by molar-refractivity contribution is 0.560. The van der Waals surface area contributed by atoms with Gasteiger partial charge in [-0.2, -0.15) is 4.98 Å². The molecule has 0 unspecified atom stereocenters.